The summed E-state index contributed by atoms with van der Waals surface area (Å²) in [5.74, 6) is -0.106. The van der Waals surface area contributed by atoms with E-state index in [0.717, 1.165) is 27.9 Å². The fraction of sp³-hybridized carbons (Fsp3) is 0. The zero-order chi connectivity index (χ0) is 15.1. The Hall–Kier alpha value is -2.76. The summed E-state index contributed by atoms with van der Waals surface area (Å²) in [6.07, 6.45) is 1.90. The Bertz CT molecular complexity index is 898. The van der Waals surface area contributed by atoms with E-state index in [2.05, 4.69) is 17.4 Å². The summed E-state index contributed by atoms with van der Waals surface area (Å²) in [7, 11) is 0. The maximum absolute atomic E-state index is 12.2. The van der Waals surface area contributed by atoms with Crippen molar-refractivity contribution >= 4 is 34.8 Å². The molecule has 0 saturated heterocycles. The quantitative estimate of drug-likeness (QED) is 0.657. The number of benzene rings is 1. The lowest BCUT2D eigenvalue weighted by Gasteiger charge is -2.00. The van der Waals surface area contributed by atoms with Crippen LogP contribution in [0.4, 0.5) is 5.69 Å². The predicted octanol–water partition coefficient (Wildman–Crippen LogP) is 4.54. The number of halogens is 1. The molecular weight excluding hydrogens is 294 g/mol. The molecule has 0 saturated carbocycles. The fourth-order valence-electron chi connectivity index (χ4n) is 2.72. The number of rotatable bonds is 1. The summed E-state index contributed by atoms with van der Waals surface area (Å²) >= 11 is 6.06. The van der Waals surface area contributed by atoms with Gasteiger partial charge in [-0.05, 0) is 59.2 Å². The molecule has 3 heteroatoms. The van der Waals surface area contributed by atoms with Gasteiger partial charge in [0, 0.05) is 21.8 Å². The van der Waals surface area contributed by atoms with Crippen molar-refractivity contribution in [2.75, 3.05) is 5.32 Å². The number of anilines is 1. The molecule has 1 amide bonds. The molecule has 22 heavy (non-hydrogen) atoms. The minimum Gasteiger partial charge on any atom is -0.321 e. The SMILES string of the molecule is O=C1Nc2ccc(Cl)cc2/C1=C\c1ccc2cc#cccc1-2. The second kappa shape index (κ2) is 4.91. The Morgan fingerprint density at radius 1 is 1.05 bits per heavy atom. The number of nitrogens with one attached hydrogen (secondary N) is 1. The molecule has 0 bridgehead atoms. The van der Waals surface area contributed by atoms with Gasteiger partial charge in [-0.2, -0.15) is 0 Å². The highest BCUT2D eigenvalue weighted by Crippen LogP contribution is 2.37. The number of hydrogen-bond donors (Lipinski definition) is 1. The molecule has 0 radical (unpaired) electrons. The van der Waals surface area contributed by atoms with Gasteiger partial charge in [0.15, 0.2) is 0 Å². The second-order valence-corrected chi connectivity index (χ2v) is 5.56. The van der Waals surface area contributed by atoms with Crippen molar-refractivity contribution in [3.05, 3.63) is 76.8 Å². The van der Waals surface area contributed by atoms with Crippen molar-refractivity contribution < 1.29 is 4.79 Å². The molecule has 3 aliphatic rings. The summed E-state index contributed by atoms with van der Waals surface area (Å²) < 4.78 is 0. The Kier molecular flexibility index (Phi) is 2.89. The summed E-state index contributed by atoms with van der Waals surface area (Å²) in [5.41, 5.74) is 5.38. The lowest BCUT2D eigenvalue weighted by molar-refractivity contribution is -0.110. The van der Waals surface area contributed by atoms with Crippen LogP contribution in [0.1, 0.15) is 11.1 Å². The normalized spacial score (nSPS) is 14.8. The number of fused-ring (bicyclic) bond motifs is 2. The smallest absolute Gasteiger partial charge is 0.256 e. The molecule has 0 spiro atoms. The van der Waals surface area contributed by atoms with Gasteiger partial charge in [0.2, 0.25) is 0 Å². The van der Waals surface area contributed by atoms with Crippen LogP contribution in [0.15, 0.2) is 48.5 Å². The minimum atomic E-state index is -0.106. The van der Waals surface area contributed by atoms with Crippen LogP contribution in [0.3, 0.4) is 0 Å². The molecule has 1 aromatic rings. The van der Waals surface area contributed by atoms with E-state index >= 15 is 0 Å². The second-order valence-electron chi connectivity index (χ2n) is 5.13. The van der Waals surface area contributed by atoms with Crippen LogP contribution < -0.4 is 5.32 Å². The molecule has 1 aliphatic heterocycles. The summed E-state index contributed by atoms with van der Waals surface area (Å²) in [4.78, 5) is 12.2. The van der Waals surface area contributed by atoms with Gasteiger partial charge < -0.3 is 5.32 Å². The first kappa shape index (κ1) is 12.9. The standard InChI is InChI=1S/C19H10ClNO/c20-14-8-9-18-16(11-14)17(19(22)21-18)10-13-7-6-12-4-2-1-3-5-15(12)13/h3-11H,(H,21,22)/b17-10+. The largest absolute Gasteiger partial charge is 0.321 e. The zero-order valence-electron chi connectivity index (χ0n) is 11.5. The molecule has 2 nitrogen and oxygen atoms in total. The molecule has 2 aliphatic carbocycles. The van der Waals surface area contributed by atoms with Crippen molar-refractivity contribution in [1.29, 1.82) is 0 Å². The first-order valence-corrected chi connectivity index (χ1v) is 7.24. The zero-order valence-corrected chi connectivity index (χ0v) is 12.2. The molecule has 1 aromatic carbocycles. The van der Waals surface area contributed by atoms with Crippen molar-refractivity contribution in [1.82, 2.24) is 0 Å². The lowest BCUT2D eigenvalue weighted by Crippen LogP contribution is -2.03. The molecule has 4 rings (SSSR count). The van der Waals surface area contributed by atoms with E-state index in [9.17, 15) is 4.79 Å². The van der Waals surface area contributed by atoms with Gasteiger partial charge in [-0.25, -0.2) is 0 Å². The Balaban J connectivity index is 1.87. The number of carbonyl (C=O) groups excluding carboxylic acids is 1. The lowest BCUT2D eigenvalue weighted by atomic mass is 10.0. The van der Waals surface area contributed by atoms with Gasteiger partial charge >= 0.3 is 0 Å². The molecule has 0 atom stereocenters. The molecule has 1 N–H and O–H groups in total. The van der Waals surface area contributed by atoms with Crippen LogP contribution in [0.2, 0.25) is 5.02 Å². The van der Waals surface area contributed by atoms with Gasteiger partial charge in [-0.15, -0.1) is 0 Å². The topological polar surface area (TPSA) is 29.1 Å². The highest BCUT2D eigenvalue weighted by Gasteiger charge is 2.24. The maximum atomic E-state index is 12.2. The molecule has 104 valence electrons. The third-order valence-electron chi connectivity index (χ3n) is 3.77. The summed E-state index contributed by atoms with van der Waals surface area (Å²) in [5, 5.41) is 3.48. The van der Waals surface area contributed by atoms with E-state index in [1.807, 2.05) is 48.5 Å². The average Bonchev–Trinajstić information content (AvgIpc) is 2.91. The molecule has 1 heterocycles. The van der Waals surface area contributed by atoms with E-state index < -0.39 is 0 Å². The van der Waals surface area contributed by atoms with Crippen molar-refractivity contribution in [3.63, 3.8) is 0 Å². The van der Waals surface area contributed by atoms with Gasteiger partial charge in [0.1, 0.15) is 0 Å². The van der Waals surface area contributed by atoms with Crippen LogP contribution in [0.5, 0.6) is 0 Å². The van der Waals surface area contributed by atoms with E-state index in [4.69, 9.17) is 11.6 Å². The number of carbonyl (C=O) groups is 1. The third-order valence-corrected chi connectivity index (χ3v) is 4.01. The van der Waals surface area contributed by atoms with Crippen molar-refractivity contribution in [2.45, 2.75) is 0 Å². The monoisotopic (exact) mass is 303 g/mol. The Morgan fingerprint density at radius 3 is 2.86 bits per heavy atom. The van der Waals surface area contributed by atoms with Crippen LogP contribution in [-0.4, -0.2) is 5.91 Å². The Morgan fingerprint density at radius 2 is 1.95 bits per heavy atom. The van der Waals surface area contributed by atoms with E-state index in [1.54, 1.807) is 6.07 Å². The van der Waals surface area contributed by atoms with E-state index in [-0.39, 0.29) is 5.91 Å². The molecule has 0 aromatic heterocycles. The van der Waals surface area contributed by atoms with Crippen LogP contribution >= 0.6 is 11.6 Å². The molecule has 0 unspecified atom stereocenters. The summed E-state index contributed by atoms with van der Waals surface area (Å²) in [6, 6.07) is 21.0. The predicted molar refractivity (Wildman–Crippen MR) is 88.7 cm³/mol. The average molecular weight is 304 g/mol. The highest BCUT2D eigenvalue weighted by molar-refractivity contribution is 6.37. The molecular formula is C19H10ClNO. The minimum absolute atomic E-state index is 0.106. The Labute approximate surface area is 133 Å². The van der Waals surface area contributed by atoms with Gasteiger partial charge in [-0.1, -0.05) is 35.9 Å². The third kappa shape index (κ3) is 2.04. The van der Waals surface area contributed by atoms with Crippen LogP contribution in [0, 0.1) is 12.1 Å². The highest BCUT2D eigenvalue weighted by atomic mass is 35.5. The van der Waals surface area contributed by atoms with Gasteiger partial charge in [0.05, 0.1) is 0 Å². The van der Waals surface area contributed by atoms with Crippen molar-refractivity contribution in [3.8, 4) is 11.1 Å². The van der Waals surface area contributed by atoms with Crippen LogP contribution in [-0.2, 0) is 4.79 Å². The fourth-order valence-corrected chi connectivity index (χ4v) is 2.89. The van der Waals surface area contributed by atoms with Gasteiger partial charge in [-0.3, -0.25) is 4.79 Å². The maximum Gasteiger partial charge on any atom is 0.256 e. The van der Waals surface area contributed by atoms with Crippen molar-refractivity contribution in [2.24, 2.45) is 0 Å². The van der Waals surface area contributed by atoms with E-state index in [1.165, 1.54) is 0 Å². The number of amides is 1. The molecule has 0 fully saturated rings. The first-order valence-electron chi connectivity index (χ1n) is 6.86. The summed E-state index contributed by atoms with van der Waals surface area (Å²) in [6.45, 7) is 0. The van der Waals surface area contributed by atoms with E-state index in [0.29, 0.717) is 10.6 Å². The van der Waals surface area contributed by atoms with Gasteiger partial charge in [0.25, 0.3) is 5.91 Å². The first-order chi connectivity index (χ1) is 10.7. The van der Waals surface area contributed by atoms with Crippen LogP contribution in [0.25, 0.3) is 22.8 Å². The number of hydrogen-bond acceptors (Lipinski definition) is 1.